The molecular weight excluding hydrogens is 334 g/mol. The number of methoxy groups -OCH3 is 1. The number of pyridine rings is 1. The van der Waals surface area contributed by atoms with Crippen molar-refractivity contribution in [2.24, 2.45) is 5.73 Å². The zero-order chi connectivity index (χ0) is 18.7. The molecule has 132 valence electrons. The zero-order valence-electron chi connectivity index (χ0n) is 14.3. The zero-order valence-corrected chi connectivity index (χ0v) is 14.3. The number of aromatic nitrogens is 3. The average Bonchev–Trinajstić information content (AvgIpc) is 3.12. The number of carbonyl (C=O) groups is 2. The van der Waals surface area contributed by atoms with Gasteiger partial charge in [0.05, 0.1) is 7.11 Å². The van der Waals surface area contributed by atoms with Gasteiger partial charge >= 0.3 is 0 Å². The Hall–Kier alpha value is -3.68. The van der Waals surface area contributed by atoms with Crippen molar-refractivity contribution in [3.05, 3.63) is 65.6 Å². The van der Waals surface area contributed by atoms with Gasteiger partial charge in [-0.05, 0) is 42.8 Å². The number of hydrogen-bond donors (Lipinski definition) is 2. The summed E-state index contributed by atoms with van der Waals surface area (Å²) in [5.74, 6) is -0.267. The lowest BCUT2D eigenvalue weighted by Gasteiger charge is -2.09. The molecule has 0 aliphatic heterocycles. The first kappa shape index (κ1) is 17.2. The van der Waals surface area contributed by atoms with E-state index in [1.165, 1.54) is 6.07 Å². The van der Waals surface area contributed by atoms with Crippen molar-refractivity contribution in [2.75, 3.05) is 12.4 Å². The van der Waals surface area contributed by atoms with Crippen LogP contribution in [0.1, 0.15) is 26.5 Å². The number of benzene rings is 1. The van der Waals surface area contributed by atoms with Gasteiger partial charge in [0.1, 0.15) is 22.9 Å². The van der Waals surface area contributed by atoms with E-state index < -0.39 is 11.8 Å². The molecule has 0 bridgehead atoms. The molecule has 8 nitrogen and oxygen atoms in total. The third-order valence-electron chi connectivity index (χ3n) is 3.65. The molecule has 2 aromatic heterocycles. The Kier molecular flexibility index (Phi) is 4.66. The molecular formula is C18H17N5O3. The topological polar surface area (TPSA) is 112 Å². The van der Waals surface area contributed by atoms with Gasteiger partial charge in [0.2, 0.25) is 0 Å². The Balaban J connectivity index is 1.84. The van der Waals surface area contributed by atoms with Gasteiger partial charge in [0.25, 0.3) is 11.8 Å². The molecule has 0 spiro atoms. The number of anilines is 1. The van der Waals surface area contributed by atoms with Gasteiger partial charge in [0, 0.05) is 6.20 Å². The number of nitrogens with one attached hydrogen (secondary N) is 1. The second-order valence-corrected chi connectivity index (χ2v) is 5.55. The van der Waals surface area contributed by atoms with E-state index in [0.29, 0.717) is 5.75 Å². The maximum Gasteiger partial charge on any atom is 0.277 e. The molecule has 0 radical (unpaired) electrons. The largest absolute Gasteiger partial charge is 0.494 e. The molecule has 0 saturated heterocycles. The number of amides is 2. The molecule has 2 heterocycles. The highest BCUT2D eigenvalue weighted by Gasteiger charge is 2.14. The van der Waals surface area contributed by atoms with Crippen molar-refractivity contribution in [3.63, 3.8) is 0 Å². The van der Waals surface area contributed by atoms with Crippen molar-refractivity contribution in [2.45, 2.75) is 6.92 Å². The van der Waals surface area contributed by atoms with Gasteiger partial charge in [-0.2, -0.15) is 5.10 Å². The Bertz CT molecular complexity index is 980. The molecule has 0 aliphatic carbocycles. The highest BCUT2D eigenvalue weighted by molar-refractivity contribution is 6.02. The maximum absolute atomic E-state index is 12.4. The molecule has 3 aromatic rings. The first-order valence-electron chi connectivity index (χ1n) is 7.77. The molecule has 3 N–H and O–H groups in total. The van der Waals surface area contributed by atoms with Crippen molar-refractivity contribution in [1.29, 1.82) is 0 Å². The first-order valence-corrected chi connectivity index (χ1v) is 7.77. The third-order valence-corrected chi connectivity index (χ3v) is 3.65. The van der Waals surface area contributed by atoms with E-state index in [2.05, 4.69) is 15.4 Å². The van der Waals surface area contributed by atoms with Crippen LogP contribution in [0.3, 0.4) is 0 Å². The van der Waals surface area contributed by atoms with Gasteiger partial charge in [0.15, 0.2) is 5.69 Å². The van der Waals surface area contributed by atoms with Crippen LogP contribution >= 0.6 is 0 Å². The van der Waals surface area contributed by atoms with Crippen LogP contribution < -0.4 is 15.8 Å². The van der Waals surface area contributed by atoms with Crippen molar-refractivity contribution >= 4 is 17.6 Å². The first-order chi connectivity index (χ1) is 12.5. The fourth-order valence-electron chi connectivity index (χ4n) is 2.38. The van der Waals surface area contributed by atoms with Crippen molar-refractivity contribution in [3.8, 4) is 11.4 Å². The number of primary amides is 1. The Morgan fingerprint density at radius 2 is 1.96 bits per heavy atom. The monoisotopic (exact) mass is 351 g/mol. The lowest BCUT2D eigenvalue weighted by Crippen LogP contribution is -2.17. The Labute approximate surface area is 149 Å². The van der Waals surface area contributed by atoms with Gasteiger partial charge in [-0.25, -0.2) is 9.67 Å². The van der Waals surface area contributed by atoms with Crippen LogP contribution in [0, 0.1) is 6.92 Å². The molecule has 0 fully saturated rings. The number of nitrogens with two attached hydrogens (primary N) is 1. The molecule has 0 atom stereocenters. The fourth-order valence-corrected chi connectivity index (χ4v) is 2.38. The minimum atomic E-state index is -0.670. The standard InChI is InChI=1S/C18H17N5O3/c1-11-6-7-15(26-2)14(10-11)23-9-8-13(22-23)18(25)21-16-5-3-4-12(20-16)17(19)24/h3-10H,1-2H3,(H2,19,24)(H,20,21,25). The highest BCUT2D eigenvalue weighted by atomic mass is 16.5. The van der Waals surface area contributed by atoms with E-state index >= 15 is 0 Å². The van der Waals surface area contributed by atoms with Crippen LogP contribution in [-0.2, 0) is 0 Å². The van der Waals surface area contributed by atoms with Crippen molar-refractivity contribution < 1.29 is 14.3 Å². The predicted molar refractivity (Wildman–Crippen MR) is 95.6 cm³/mol. The number of rotatable bonds is 5. The van der Waals surface area contributed by atoms with Gasteiger partial charge in [-0.15, -0.1) is 0 Å². The van der Waals surface area contributed by atoms with Crippen LogP contribution in [0.4, 0.5) is 5.82 Å². The van der Waals surface area contributed by atoms with Crippen LogP contribution in [0.25, 0.3) is 5.69 Å². The second-order valence-electron chi connectivity index (χ2n) is 5.55. The SMILES string of the molecule is COc1ccc(C)cc1-n1ccc(C(=O)Nc2cccc(C(N)=O)n2)n1. The van der Waals surface area contributed by atoms with E-state index in [-0.39, 0.29) is 17.2 Å². The summed E-state index contributed by atoms with van der Waals surface area (Å²) in [6.45, 7) is 1.96. The predicted octanol–water partition coefficient (Wildman–Crippen LogP) is 1.94. The molecule has 1 aromatic carbocycles. The Morgan fingerprint density at radius 1 is 1.15 bits per heavy atom. The number of ether oxygens (including phenoxy) is 1. The smallest absolute Gasteiger partial charge is 0.277 e. The highest BCUT2D eigenvalue weighted by Crippen LogP contribution is 2.23. The summed E-state index contributed by atoms with van der Waals surface area (Å²) in [6.07, 6.45) is 1.67. The molecule has 0 unspecified atom stereocenters. The maximum atomic E-state index is 12.4. The van der Waals surface area contributed by atoms with E-state index in [0.717, 1.165) is 11.3 Å². The number of carbonyl (C=O) groups excluding carboxylic acids is 2. The molecule has 2 amide bonds. The average molecular weight is 351 g/mol. The van der Waals surface area contributed by atoms with E-state index in [4.69, 9.17) is 10.5 Å². The number of hydrogen-bond acceptors (Lipinski definition) is 5. The quantitative estimate of drug-likeness (QED) is 0.729. The summed E-state index contributed by atoms with van der Waals surface area (Å²) in [7, 11) is 1.57. The van der Waals surface area contributed by atoms with Crippen LogP contribution in [-0.4, -0.2) is 33.7 Å². The van der Waals surface area contributed by atoms with E-state index in [1.807, 2.05) is 25.1 Å². The lowest BCUT2D eigenvalue weighted by molar-refractivity contribution is 0.0990. The van der Waals surface area contributed by atoms with E-state index in [1.54, 1.807) is 36.2 Å². The summed E-state index contributed by atoms with van der Waals surface area (Å²) in [4.78, 5) is 27.5. The summed E-state index contributed by atoms with van der Waals surface area (Å²) in [5.41, 5.74) is 7.21. The second kappa shape index (κ2) is 7.06. The molecule has 0 aliphatic rings. The number of nitrogens with zero attached hydrogens (tertiary/aromatic N) is 3. The summed E-state index contributed by atoms with van der Waals surface area (Å²) in [5, 5.41) is 6.88. The third kappa shape index (κ3) is 3.54. The van der Waals surface area contributed by atoms with Crippen LogP contribution in [0.2, 0.25) is 0 Å². The Morgan fingerprint density at radius 3 is 2.69 bits per heavy atom. The summed E-state index contributed by atoms with van der Waals surface area (Å²) >= 11 is 0. The van der Waals surface area contributed by atoms with Crippen LogP contribution in [0.15, 0.2) is 48.7 Å². The molecule has 3 rings (SSSR count). The normalized spacial score (nSPS) is 10.4. The molecule has 8 heteroatoms. The van der Waals surface area contributed by atoms with E-state index in [9.17, 15) is 9.59 Å². The molecule has 0 saturated carbocycles. The van der Waals surface area contributed by atoms with Gasteiger partial charge in [-0.3, -0.25) is 9.59 Å². The minimum Gasteiger partial charge on any atom is -0.494 e. The van der Waals surface area contributed by atoms with Crippen molar-refractivity contribution in [1.82, 2.24) is 14.8 Å². The summed E-state index contributed by atoms with van der Waals surface area (Å²) < 4.78 is 6.90. The number of aryl methyl sites for hydroxylation is 1. The van der Waals surface area contributed by atoms with Crippen LogP contribution in [0.5, 0.6) is 5.75 Å². The lowest BCUT2D eigenvalue weighted by atomic mass is 10.2. The van der Waals surface area contributed by atoms with Gasteiger partial charge < -0.3 is 15.8 Å². The fraction of sp³-hybridized carbons (Fsp3) is 0.111. The minimum absolute atomic E-state index is 0.0674. The summed E-state index contributed by atoms with van der Waals surface area (Å²) in [6, 6.07) is 11.9. The molecule has 26 heavy (non-hydrogen) atoms. The van der Waals surface area contributed by atoms with Gasteiger partial charge in [-0.1, -0.05) is 12.1 Å².